The maximum absolute atomic E-state index is 13.8. The molecule has 0 saturated carbocycles. The Labute approximate surface area is 245 Å². The number of benzene rings is 2. The molecule has 2 atom stereocenters. The standard InChI is InChI=1S/C29H35FN4O6SSi/c1-42(2,3)16-15-40-20-34-18-25(35)28(36)27(32-34)29-31-13-14-33(29)17-23(19-41(37,38)39)26(21-7-5-4-6-8-21)22-9-11-24(30)12-10-22/h4-14,18,23,26,35H,15-17,19-20H2,1-3H3,(H,37,38,39)/t23-,26-/m1/s1. The summed E-state index contributed by atoms with van der Waals surface area (Å²) in [6.07, 6.45) is 4.20. The van der Waals surface area contributed by atoms with Crippen LogP contribution in [0.2, 0.25) is 25.7 Å². The van der Waals surface area contributed by atoms with Crippen LogP contribution in [0.25, 0.3) is 11.5 Å². The van der Waals surface area contributed by atoms with Crippen LogP contribution in [0.5, 0.6) is 5.75 Å². The Kier molecular flexibility index (Phi) is 9.77. The van der Waals surface area contributed by atoms with E-state index in [1.807, 2.05) is 30.3 Å². The molecule has 2 aromatic carbocycles. The van der Waals surface area contributed by atoms with Crippen molar-refractivity contribution in [1.29, 1.82) is 0 Å². The van der Waals surface area contributed by atoms with Gasteiger partial charge < -0.3 is 14.4 Å². The van der Waals surface area contributed by atoms with Crippen molar-refractivity contribution in [3.05, 3.63) is 100 Å². The second-order valence-electron chi connectivity index (χ2n) is 11.4. The maximum Gasteiger partial charge on any atom is 0.265 e. The molecule has 0 aliphatic heterocycles. The fourth-order valence-electron chi connectivity index (χ4n) is 4.79. The minimum absolute atomic E-state index is 0.00442. The molecule has 0 radical (unpaired) electrons. The average Bonchev–Trinajstić information content (AvgIpc) is 3.37. The summed E-state index contributed by atoms with van der Waals surface area (Å²) in [5.74, 6) is -2.83. The van der Waals surface area contributed by atoms with E-state index < -0.39 is 52.8 Å². The monoisotopic (exact) mass is 614 g/mol. The topological polar surface area (TPSA) is 137 Å². The molecule has 2 heterocycles. The summed E-state index contributed by atoms with van der Waals surface area (Å²) in [6.45, 7) is 7.20. The number of halogens is 1. The van der Waals surface area contributed by atoms with Gasteiger partial charge in [-0.25, -0.2) is 14.1 Å². The zero-order chi connectivity index (χ0) is 30.5. The van der Waals surface area contributed by atoms with E-state index in [9.17, 15) is 27.3 Å². The van der Waals surface area contributed by atoms with E-state index in [4.69, 9.17) is 4.74 Å². The summed E-state index contributed by atoms with van der Waals surface area (Å²) in [5, 5.41) is 14.8. The Morgan fingerprint density at radius 3 is 2.36 bits per heavy atom. The van der Waals surface area contributed by atoms with Crippen LogP contribution in [0.15, 0.2) is 78.0 Å². The fourth-order valence-corrected chi connectivity index (χ4v) is 6.39. The van der Waals surface area contributed by atoms with Gasteiger partial charge in [-0.05, 0) is 29.3 Å². The molecule has 0 fully saturated rings. The molecule has 2 N–H and O–H groups in total. The van der Waals surface area contributed by atoms with E-state index in [0.717, 1.165) is 11.6 Å². The van der Waals surface area contributed by atoms with Crippen LogP contribution in [0.4, 0.5) is 4.39 Å². The van der Waals surface area contributed by atoms with Crippen LogP contribution in [0, 0.1) is 11.7 Å². The fraction of sp³-hybridized carbons (Fsp3) is 0.345. The Hall–Kier alpha value is -3.65. The minimum atomic E-state index is -4.46. The average molecular weight is 615 g/mol. The summed E-state index contributed by atoms with van der Waals surface area (Å²) < 4.78 is 56.8. The number of ether oxygens (including phenoxy) is 1. The lowest BCUT2D eigenvalue weighted by Crippen LogP contribution is -2.28. The van der Waals surface area contributed by atoms with Crippen molar-refractivity contribution < 1.29 is 27.2 Å². The summed E-state index contributed by atoms with van der Waals surface area (Å²) in [4.78, 5) is 17.3. The van der Waals surface area contributed by atoms with Gasteiger partial charge in [0.25, 0.3) is 15.5 Å². The first-order valence-electron chi connectivity index (χ1n) is 13.5. The van der Waals surface area contributed by atoms with Crippen molar-refractivity contribution in [2.24, 2.45) is 5.92 Å². The lowest BCUT2D eigenvalue weighted by atomic mass is 9.81. The lowest BCUT2D eigenvalue weighted by molar-refractivity contribution is 0.0769. The molecular weight excluding hydrogens is 579 g/mol. The van der Waals surface area contributed by atoms with Gasteiger partial charge in [-0.3, -0.25) is 9.35 Å². The van der Waals surface area contributed by atoms with Crippen molar-refractivity contribution in [1.82, 2.24) is 19.3 Å². The first-order valence-corrected chi connectivity index (χ1v) is 18.8. The molecule has 0 aliphatic rings. The molecule has 0 spiro atoms. The molecular formula is C29H35FN4O6SSi. The molecule has 4 aromatic rings. The highest BCUT2D eigenvalue weighted by Crippen LogP contribution is 2.35. The Balaban J connectivity index is 1.71. The first kappa shape index (κ1) is 31.3. The Morgan fingerprint density at radius 2 is 1.71 bits per heavy atom. The number of aromatic hydroxyl groups is 1. The summed E-state index contributed by atoms with van der Waals surface area (Å²) >= 11 is 0. The number of nitrogens with zero attached hydrogens (tertiary/aromatic N) is 4. The van der Waals surface area contributed by atoms with Gasteiger partial charge in [-0.1, -0.05) is 62.1 Å². The third kappa shape index (κ3) is 8.44. The van der Waals surface area contributed by atoms with Gasteiger partial charge >= 0.3 is 0 Å². The van der Waals surface area contributed by atoms with Gasteiger partial charge in [0.1, 0.15) is 12.5 Å². The van der Waals surface area contributed by atoms with Gasteiger partial charge in [0.2, 0.25) is 0 Å². The third-order valence-corrected chi connectivity index (χ3v) is 9.36. The van der Waals surface area contributed by atoms with Crippen molar-refractivity contribution in [2.45, 2.75) is 44.9 Å². The number of imidazole rings is 1. The lowest BCUT2D eigenvalue weighted by Gasteiger charge is -2.28. The Morgan fingerprint density at radius 1 is 1.05 bits per heavy atom. The Bertz CT molecular complexity index is 1650. The predicted octanol–water partition coefficient (Wildman–Crippen LogP) is 4.60. The summed E-state index contributed by atoms with van der Waals surface area (Å²) in [5.41, 5.74) is 0.515. The number of aromatic nitrogens is 4. The number of rotatable bonds is 13. The third-order valence-electron chi connectivity index (χ3n) is 6.81. The van der Waals surface area contributed by atoms with E-state index >= 15 is 0 Å². The summed E-state index contributed by atoms with van der Waals surface area (Å²) in [7, 11) is -5.78. The quantitative estimate of drug-likeness (QED) is 0.127. The molecule has 0 amide bonds. The van der Waals surface area contributed by atoms with E-state index in [0.29, 0.717) is 12.2 Å². The molecule has 0 unspecified atom stereocenters. The molecule has 2 aromatic heterocycles. The van der Waals surface area contributed by atoms with E-state index in [2.05, 4.69) is 29.7 Å². The van der Waals surface area contributed by atoms with E-state index in [1.54, 1.807) is 22.9 Å². The van der Waals surface area contributed by atoms with Crippen molar-refractivity contribution >= 4 is 18.2 Å². The molecule has 0 bridgehead atoms. The van der Waals surface area contributed by atoms with Gasteiger partial charge in [0, 0.05) is 45.5 Å². The second kappa shape index (κ2) is 13.1. The van der Waals surface area contributed by atoms with Gasteiger partial charge in [-0.15, -0.1) is 0 Å². The molecule has 224 valence electrons. The van der Waals surface area contributed by atoms with Gasteiger partial charge in [0.15, 0.2) is 17.3 Å². The first-order chi connectivity index (χ1) is 19.8. The van der Waals surface area contributed by atoms with Crippen LogP contribution < -0.4 is 5.43 Å². The van der Waals surface area contributed by atoms with Crippen LogP contribution in [-0.4, -0.2) is 57.8 Å². The van der Waals surface area contributed by atoms with Crippen LogP contribution >= 0.6 is 0 Å². The van der Waals surface area contributed by atoms with E-state index in [-0.39, 0.29) is 24.8 Å². The predicted molar refractivity (Wildman–Crippen MR) is 160 cm³/mol. The smallest absolute Gasteiger partial charge is 0.265 e. The zero-order valence-corrected chi connectivity index (χ0v) is 25.5. The molecule has 0 aliphatic carbocycles. The molecule has 0 saturated heterocycles. The molecule has 4 rings (SSSR count). The summed E-state index contributed by atoms with van der Waals surface area (Å²) in [6, 6.07) is 15.8. The number of hydrogen-bond acceptors (Lipinski definition) is 7. The SMILES string of the molecule is C[Si](C)(C)CCOCn1cc(O)c(=O)c(-c2nccn2C[C@H](CS(=O)(=O)O)[C@H](c2ccccc2)c2ccc(F)cc2)n1. The molecule has 13 heteroatoms. The van der Waals surface area contributed by atoms with Crippen LogP contribution in [0.1, 0.15) is 17.0 Å². The highest BCUT2D eigenvalue weighted by Gasteiger charge is 2.31. The minimum Gasteiger partial charge on any atom is -0.503 e. The highest BCUT2D eigenvalue weighted by molar-refractivity contribution is 7.85. The highest BCUT2D eigenvalue weighted by atomic mass is 32.2. The van der Waals surface area contributed by atoms with Gasteiger partial charge in [0.05, 0.1) is 11.9 Å². The number of hydrogen-bond donors (Lipinski definition) is 2. The van der Waals surface area contributed by atoms with Crippen molar-refractivity contribution in [2.75, 3.05) is 12.4 Å². The normalized spacial score (nSPS) is 13.6. The largest absolute Gasteiger partial charge is 0.503 e. The van der Waals surface area contributed by atoms with Crippen LogP contribution in [-0.2, 0) is 28.1 Å². The zero-order valence-electron chi connectivity index (χ0n) is 23.7. The van der Waals surface area contributed by atoms with Crippen LogP contribution in [0.3, 0.4) is 0 Å². The van der Waals surface area contributed by atoms with Crippen molar-refractivity contribution in [3.63, 3.8) is 0 Å². The maximum atomic E-state index is 13.8. The molecule has 10 nitrogen and oxygen atoms in total. The second-order valence-corrected chi connectivity index (χ2v) is 18.5. The van der Waals surface area contributed by atoms with E-state index in [1.165, 1.54) is 29.2 Å². The van der Waals surface area contributed by atoms with Gasteiger partial charge in [-0.2, -0.15) is 13.5 Å². The molecule has 42 heavy (non-hydrogen) atoms. The van der Waals surface area contributed by atoms with Crippen molar-refractivity contribution in [3.8, 4) is 17.3 Å².